The number of ketones is 1. The van der Waals surface area contributed by atoms with E-state index in [-0.39, 0.29) is 16.8 Å². The molecule has 1 aliphatic heterocycles. The van der Waals surface area contributed by atoms with E-state index in [4.69, 9.17) is 5.11 Å². The maximum Gasteiger partial charge on any atom is 0.335 e. The molecule has 0 aromatic heterocycles. The van der Waals surface area contributed by atoms with E-state index in [9.17, 15) is 26.4 Å². The molecule has 10 heteroatoms. The van der Waals surface area contributed by atoms with Crippen molar-refractivity contribution in [3.05, 3.63) is 29.3 Å². The van der Waals surface area contributed by atoms with Crippen LogP contribution in [0.15, 0.2) is 18.2 Å². The van der Waals surface area contributed by atoms with Crippen LogP contribution in [0.2, 0.25) is 0 Å². The number of fused-ring (bicyclic) bond motifs is 1. The summed E-state index contributed by atoms with van der Waals surface area (Å²) in [5.41, 5.74) is -0.506. The van der Waals surface area contributed by atoms with Gasteiger partial charge in [0.15, 0.2) is 15.6 Å². The Morgan fingerprint density at radius 3 is 2.38 bits per heavy atom. The van der Waals surface area contributed by atoms with E-state index in [0.717, 1.165) is 25.2 Å². The van der Waals surface area contributed by atoms with Crippen LogP contribution in [-0.2, 0) is 19.9 Å². The van der Waals surface area contributed by atoms with Gasteiger partial charge in [-0.15, -0.1) is 0 Å². The van der Waals surface area contributed by atoms with Gasteiger partial charge in [0.25, 0.3) is 10.0 Å². The molecule has 1 heterocycles. The maximum absolute atomic E-state index is 12.2. The smallest absolute Gasteiger partial charge is 0.335 e. The standard InChI is InChI=1S/C11H11NO7S2/c1-12-8-5-6(10(14)15)3-4-7(8)9(13)11(20(2,16)17)21(12,18)19/h3-5,11H,1-2H3,(H,14,15). The van der Waals surface area contributed by atoms with Crippen LogP contribution in [-0.4, -0.2) is 51.6 Å². The number of rotatable bonds is 2. The van der Waals surface area contributed by atoms with Gasteiger partial charge in [0, 0.05) is 18.9 Å². The highest BCUT2D eigenvalue weighted by Crippen LogP contribution is 2.34. The minimum atomic E-state index is -4.46. The predicted octanol–water partition coefficient (Wildman–Crippen LogP) is -0.282. The van der Waals surface area contributed by atoms with Crippen LogP contribution in [0.1, 0.15) is 20.7 Å². The first-order valence-electron chi connectivity index (χ1n) is 5.56. The average molecular weight is 333 g/mol. The number of hydrogen-bond donors (Lipinski definition) is 1. The van der Waals surface area contributed by atoms with E-state index in [1.54, 1.807) is 0 Å². The van der Waals surface area contributed by atoms with Gasteiger partial charge in [0.1, 0.15) is 0 Å². The minimum Gasteiger partial charge on any atom is -0.478 e. The lowest BCUT2D eigenvalue weighted by Gasteiger charge is -2.31. The molecule has 2 rings (SSSR count). The monoisotopic (exact) mass is 333 g/mol. The Hall–Kier alpha value is -1.94. The fourth-order valence-electron chi connectivity index (χ4n) is 2.09. The number of benzene rings is 1. The Labute approximate surface area is 121 Å². The number of carbonyl (C=O) groups excluding carboxylic acids is 1. The largest absolute Gasteiger partial charge is 0.478 e. The molecule has 0 radical (unpaired) electrons. The summed E-state index contributed by atoms with van der Waals surface area (Å²) in [6.45, 7) is 0. The van der Waals surface area contributed by atoms with Crippen LogP contribution in [0.5, 0.6) is 0 Å². The summed E-state index contributed by atoms with van der Waals surface area (Å²) in [6, 6.07) is 3.25. The van der Waals surface area contributed by atoms with Crippen LogP contribution in [0.3, 0.4) is 0 Å². The lowest BCUT2D eigenvalue weighted by atomic mass is 10.1. The van der Waals surface area contributed by atoms with E-state index in [0.29, 0.717) is 10.6 Å². The van der Waals surface area contributed by atoms with Crippen LogP contribution in [0, 0.1) is 0 Å². The summed E-state index contributed by atoms with van der Waals surface area (Å²) in [5, 5.41) is 8.90. The van der Waals surface area contributed by atoms with Crippen molar-refractivity contribution in [2.24, 2.45) is 0 Å². The molecule has 1 N–H and O–H groups in total. The van der Waals surface area contributed by atoms with Gasteiger partial charge in [-0.1, -0.05) is 0 Å². The number of aromatic carboxylic acids is 1. The van der Waals surface area contributed by atoms with Crippen molar-refractivity contribution in [1.82, 2.24) is 0 Å². The molecular formula is C11H11NO7S2. The summed E-state index contributed by atoms with van der Waals surface area (Å²) < 4.78 is 46.0. The molecule has 0 fully saturated rings. The summed E-state index contributed by atoms with van der Waals surface area (Å²) >= 11 is 0. The average Bonchev–Trinajstić information content (AvgIpc) is 2.33. The van der Waals surface area contributed by atoms with E-state index < -0.39 is 36.2 Å². The molecule has 0 saturated carbocycles. The third-order valence-corrected chi connectivity index (χ3v) is 7.59. The Kier molecular flexibility index (Phi) is 3.33. The number of Topliss-reactive ketones (excluding diaryl/α,β-unsaturated/α-hetero) is 1. The normalized spacial score (nSPS) is 21.0. The number of hydrogen-bond acceptors (Lipinski definition) is 6. The second-order valence-corrected chi connectivity index (χ2v) is 9.05. The zero-order chi connectivity index (χ0) is 16.2. The van der Waals surface area contributed by atoms with Gasteiger partial charge in [-0.25, -0.2) is 21.6 Å². The van der Waals surface area contributed by atoms with E-state index in [1.807, 2.05) is 0 Å². The number of sulfonamides is 1. The van der Waals surface area contributed by atoms with Gasteiger partial charge in [-0.05, 0) is 18.2 Å². The second-order valence-electron chi connectivity index (χ2n) is 4.58. The van der Waals surface area contributed by atoms with Crippen molar-refractivity contribution in [3.8, 4) is 0 Å². The molecule has 21 heavy (non-hydrogen) atoms. The molecule has 8 nitrogen and oxygen atoms in total. The quantitative estimate of drug-likeness (QED) is 0.788. The zero-order valence-electron chi connectivity index (χ0n) is 11.0. The molecule has 0 aliphatic carbocycles. The lowest BCUT2D eigenvalue weighted by Crippen LogP contribution is -2.49. The summed E-state index contributed by atoms with van der Waals surface area (Å²) in [5.74, 6) is -2.37. The first-order valence-corrected chi connectivity index (χ1v) is 9.02. The maximum atomic E-state index is 12.2. The SMILES string of the molecule is CN1c2cc(C(=O)O)ccc2C(=O)C(S(C)(=O)=O)S1(=O)=O. The molecule has 1 aromatic carbocycles. The number of nitrogens with zero attached hydrogens (tertiary/aromatic N) is 1. The van der Waals surface area contributed by atoms with Crippen LogP contribution in [0.4, 0.5) is 5.69 Å². The highest BCUT2D eigenvalue weighted by Gasteiger charge is 2.49. The van der Waals surface area contributed by atoms with Crippen LogP contribution >= 0.6 is 0 Å². The van der Waals surface area contributed by atoms with Crippen molar-refractivity contribution in [1.29, 1.82) is 0 Å². The molecule has 1 aromatic rings. The van der Waals surface area contributed by atoms with Crippen molar-refractivity contribution in [2.45, 2.75) is 4.58 Å². The Bertz CT molecular complexity index is 855. The highest BCUT2D eigenvalue weighted by molar-refractivity contribution is 8.10. The lowest BCUT2D eigenvalue weighted by molar-refractivity contribution is 0.0696. The Balaban J connectivity index is 2.79. The molecule has 0 saturated heterocycles. The van der Waals surface area contributed by atoms with E-state index >= 15 is 0 Å². The molecule has 114 valence electrons. The molecule has 0 bridgehead atoms. The van der Waals surface area contributed by atoms with Gasteiger partial charge in [-0.3, -0.25) is 9.10 Å². The molecule has 1 aliphatic rings. The summed E-state index contributed by atoms with van der Waals surface area (Å²) in [7, 11) is -7.57. The molecular weight excluding hydrogens is 322 g/mol. The second kappa shape index (κ2) is 4.53. The molecule has 0 amide bonds. The van der Waals surface area contributed by atoms with Gasteiger partial charge < -0.3 is 5.11 Å². The van der Waals surface area contributed by atoms with Crippen molar-refractivity contribution in [3.63, 3.8) is 0 Å². The van der Waals surface area contributed by atoms with Gasteiger partial charge in [-0.2, -0.15) is 0 Å². The minimum absolute atomic E-state index is 0.146. The third kappa shape index (κ3) is 2.29. The summed E-state index contributed by atoms with van der Waals surface area (Å²) in [4.78, 5) is 23.1. The fraction of sp³-hybridized carbons (Fsp3) is 0.273. The first-order chi connectivity index (χ1) is 9.48. The number of anilines is 1. The van der Waals surface area contributed by atoms with Gasteiger partial charge >= 0.3 is 5.97 Å². The fourth-order valence-corrected chi connectivity index (χ4v) is 5.87. The number of carboxylic acid groups (broad SMARTS) is 1. The predicted molar refractivity (Wildman–Crippen MR) is 73.7 cm³/mol. The number of sulfone groups is 1. The Morgan fingerprint density at radius 2 is 1.90 bits per heavy atom. The third-order valence-electron chi connectivity index (χ3n) is 3.10. The molecule has 0 spiro atoms. The summed E-state index contributed by atoms with van der Waals surface area (Å²) in [6.07, 6.45) is 0.664. The Morgan fingerprint density at radius 1 is 1.33 bits per heavy atom. The number of carbonyl (C=O) groups is 2. The van der Waals surface area contributed by atoms with Crippen molar-refractivity contribution < 1.29 is 31.5 Å². The topological polar surface area (TPSA) is 126 Å². The van der Waals surface area contributed by atoms with Crippen LogP contribution < -0.4 is 4.31 Å². The van der Waals surface area contributed by atoms with Crippen molar-refractivity contribution in [2.75, 3.05) is 17.6 Å². The van der Waals surface area contributed by atoms with Crippen molar-refractivity contribution >= 4 is 37.3 Å². The van der Waals surface area contributed by atoms with Gasteiger partial charge in [0.05, 0.1) is 11.3 Å². The highest BCUT2D eigenvalue weighted by atomic mass is 32.3. The molecule has 1 atom stereocenters. The van der Waals surface area contributed by atoms with Gasteiger partial charge in [0.2, 0.25) is 4.58 Å². The zero-order valence-corrected chi connectivity index (χ0v) is 12.6. The number of carboxylic acids is 1. The van der Waals surface area contributed by atoms with E-state index in [1.165, 1.54) is 0 Å². The van der Waals surface area contributed by atoms with E-state index in [2.05, 4.69) is 0 Å². The van der Waals surface area contributed by atoms with Crippen LogP contribution in [0.25, 0.3) is 0 Å². The molecule has 1 unspecified atom stereocenters. The first kappa shape index (κ1) is 15.4.